The van der Waals surface area contributed by atoms with Crippen molar-refractivity contribution in [3.05, 3.63) is 52.0 Å². The topological polar surface area (TPSA) is 116 Å². The first kappa shape index (κ1) is 23.8. The highest BCUT2D eigenvalue weighted by Gasteiger charge is 2.29. The van der Waals surface area contributed by atoms with Gasteiger partial charge in [-0.2, -0.15) is 10.4 Å². The highest BCUT2D eigenvalue weighted by Crippen LogP contribution is 2.34. The quantitative estimate of drug-likeness (QED) is 0.369. The van der Waals surface area contributed by atoms with E-state index in [1.165, 1.54) is 6.92 Å². The Labute approximate surface area is 222 Å². The Morgan fingerprint density at radius 2 is 2.00 bits per heavy atom. The molecule has 0 spiro atoms. The number of hydrogen-bond donors (Lipinski definition) is 1. The maximum Gasteiger partial charge on any atom is 0.171 e. The average molecular weight is 561 g/mol. The summed E-state index contributed by atoms with van der Waals surface area (Å²) in [4.78, 5) is 26.8. The monoisotopic (exact) mass is 560 g/mol. The van der Waals surface area contributed by atoms with E-state index < -0.39 is 0 Å². The molecule has 188 valence electrons. The van der Waals surface area contributed by atoms with Crippen molar-refractivity contribution >= 4 is 38.4 Å². The summed E-state index contributed by atoms with van der Waals surface area (Å²) in [6.07, 6.45) is 1.74. The number of halogens is 1. The standard InChI is InChI=1S/C26H25BrN8O2/c1-15-25(21(11-28)32-31-15)26-18(16(2)36)3-4-24(30-26)35-14-29-20-9-19(27)22(10-23(20)35)34-7-5-33(6-8-34)17-12-37-13-17/h3-4,9-10,14,17H,5-8,12-13H2,1-2H3,(H,31,32). The van der Waals surface area contributed by atoms with Crippen LogP contribution >= 0.6 is 15.9 Å². The molecule has 2 saturated heterocycles. The van der Waals surface area contributed by atoms with Crippen LogP contribution in [0.15, 0.2) is 35.1 Å². The van der Waals surface area contributed by atoms with Crippen LogP contribution in [-0.4, -0.2) is 80.9 Å². The van der Waals surface area contributed by atoms with Crippen molar-refractivity contribution in [2.75, 3.05) is 44.3 Å². The number of aromatic amines is 1. The molecule has 5 heterocycles. The number of pyridine rings is 1. The first-order valence-corrected chi connectivity index (χ1v) is 12.9. The number of anilines is 1. The summed E-state index contributed by atoms with van der Waals surface area (Å²) in [6.45, 7) is 8.84. The largest absolute Gasteiger partial charge is 0.378 e. The number of hydrogen-bond acceptors (Lipinski definition) is 8. The number of carbonyl (C=O) groups excluding carboxylic acids is 1. The van der Waals surface area contributed by atoms with Crippen molar-refractivity contribution < 1.29 is 9.53 Å². The number of ether oxygens (including phenoxy) is 1. The fourth-order valence-electron chi connectivity index (χ4n) is 5.06. The molecule has 2 aliphatic rings. The van der Waals surface area contributed by atoms with E-state index in [-0.39, 0.29) is 11.5 Å². The second-order valence-corrected chi connectivity index (χ2v) is 10.3. The first-order chi connectivity index (χ1) is 17.9. The molecule has 37 heavy (non-hydrogen) atoms. The maximum atomic E-state index is 12.4. The van der Waals surface area contributed by atoms with Gasteiger partial charge in [-0.1, -0.05) is 0 Å². The minimum absolute atomic E-state index is 0.132. The molecule has 6 rings (SSSR count). The summed E-state index contributed by atoms with van der Waals surface area (Å²) in [5.41, 5.74) is 5.14. The Hall–Kier alpha value is -3.59. The molecule has 0 saturated carbocycles. The predicted octanol–water partition coefficient (Wildman–Crippen LogP) is 3.48. The number of carbonyl (C=O) groups is 1. The molecule has 3 aromatic heterocycles. The Bertz CT molecular complexity index is 1560. The maximum absolute atomic E-state index is 12.4. The molecule has 1 N–H and O–H groups in total. The molecule has 2 fully saturated rings. The van der Waals surface area contributed by atoms with E-state index in [4.69, 9.17) is 9.72 Å². The van der Waals surface area contributed by atoms with E-state index in [1.54, 1.807) is 12.4 Å². The van der Waals surface area contributed by atoms with Crippen LogP contribution in [-0.2, 0) is 4.74 Å². The Morgan fingerprint density at radius 3 is 2.68 bits per heavy atom. The highest BCUT2D eigenvalue weighted by molar-refractivity contribution is 9.10. The van der Waals surface area contributed by atoms with Gasteiger partial charge in [0.2, 0.25) is 0 Å². The van der Waals surface area contributed by atoms with Gasteiger partial charge in [-0.25, -0.2) is 9.97 Å². The fraction of sp³-hybridized carbons (Fsp3) is 0.346. The van der Waals surface area contributed by atoms with Crippen LogP contribution in [0.1, 0.15) is 28.7 Å². The van der Waals surface area contributed by atoms with Gasteiger partial charge in [0.1, 0.15) is 18.2 Å². The SMILES string of the molecule is CC(=O)c1ccc(-n2cnc3cc(Br)c(N4CCN(C5COC5)CC4)cc32)nc1-c1c(C#N)n[nH]c1C. The lowest BCUT2D eigenvalue weighted by atomic mass is 10.0. The number of nitrogens with one attached hydrogen (secondary N) is 1. The zero-order valence-corrected chi connectivity index (χ0v) is 22.1. The number of piperazine rings is 1. The number of ketones is 1. The molecule has 4 aromatic rings. The summed E-state index contributed by atoms with van der Waals surface area (Å²) < 4.78 is 8.28. The summed E-state index contributed by atoms with van der Waals surface area (Å²) >= 11 is 3.76. The van der Waals surface area contributed by atoms with Gasteiger partial charge in [0.15, 0.2) is 11.5 Å². The Morgan fingerprint density at radius 1 is 1.22 bits per heavy atom. The predicted molar refractivity (Wildman–Crippen MR) is 142 cm³/mol. The van der Waals surface area contributed by atoms with Gasteiger partial charge >= 0.3 is 0 Å². The summed E-state index contributed by atoms with van der Waals surface area (Å²) in [6, 6.07) is 10.4. The van der Waals surface area contributed by atoms with E-state index in [1.807, 2.05) is 23.6 Å². The second kappa shape index (κ2) is 9.37. The van der Waals surface area contributed by atoms with Crippen LogP contribution in [0.25, 0.3) is 28.1 Å². The number of nitriles is 1. The molecule has 10 nitrogen and oxygen atoms in total. The molecule has 0 bridgehead atoms. The van der Waals surface area contributed by atoms with Crippen LogP contribution in [0.2, 0.25) is 0 Å². The molecule has 11 heteroatoms. The molecule has 2 aliphatic heterocycles. The normalized spacial score (nSPS) is 16.6. The summed E-state index contributed by atoms with van der Waals surface area (Å²) in [7, 11) is 0. The van der Waals surface area contributed by atoms with Gasteiger partial charge in [0, 0.05) is 41.9 Å². The molecule has 0 amide bonds. The van der Waals surface area contributed by atoms with Crippen molar-refractivity contribution in [3.8, 4) is 23.1 Å². The van der Waals surface area contributed by atoms with Gasteiger partial charge in [-0.05, 0) is 54.0 Å². The van der Waals surface area contributed by atoms with Gasteiger partial charge in [0.25, 0.3) is 0 Å². The number of imidazole rings is 1. The van der Waals surface area contributed by atoms with Crippen molar-refractivity contribution in [2.45, 2.75) is 19.9 Å². The smallest absolute Gasteiger partial charge is 0.171 e. The fourth-order valence-corrected chi connectivity index (χ4v) is 5.65. The van der Waals surface area contributed by atoms with E-state index in [0.29, 0.717) is 34.4 Å². The van der Waals surface area contributed by atoms with E-state index >= 15 is 0 Å². The number of Topliss-reactive ketones (excluding diaryl/α,β-unsaturated/α-hetero) is 1. The van der Waals surface area contributed by atoms with Crippen LogP contribution in [0.5, 0.6) is 0 Å². The Balaban J connectivity index is 1.40. The molecule has 1 aromatic carbocycles. The van der Waals surface area contributed by atoms with Gasteiger partial charge in [-0.3, -0.25) is 19.4 Å². The van der Waals surface area contributed by atoms with Crippen molar-refractivity contribution in [3.63, 3.8) is 0 Å². The molecule has 0 radical (unpaired) electrons. The molecule has 0 unspecified atom stereocenters. The van der Waals surface area contributed by atoms with Crippen molar-refractivity contribution in [1.29, 1.82) is 5.26 Å². The average Bonchev–Trinajstić information content (AvgIpc) is 3.45. The minimum Gasteiger partial charge on any atom is -0.378 e. The lowest BCUT2D eigenvalue weighted by Crippen LogP contribution is -2.56. The third-order valence-electron chi connectivity index (χ3n) is 7.20. The van der Waals surface area contributed by atoms with Gasteiger partial charge in [-0.15, -0.1) is 0 Å². The Kier molecular flexibility index (Phi) is 6.03. The van der Waals surface area contributed by atoms with Crippen molar-refractivity contribution in [1.82, 2.24) is 29.6 Å². The van der Waals surface area contributed by atoms with E-state index in [2.05, 4.69) is 53.0 Å². The summed E-state index contributed by atoms with van der Waals surface area (Å²) in [5, 5.41) is 16.5. The number of nitrogens with zero attached hydrogens (tertiary/aromatic N) is 7. The number of benzene rings is 1. The van der Waals surface area contributed by atoms with Gasteiger partial charge in [0.05, 0.1) is 47.2 Å². The van der Waals surface area contributed by atoms with Crippen molar-refractivity contribution in [2.24, 2.45) is 0 Å². The van der Waals surface area contributed by atoms with Crippen LogP contribution in [0, 0.1) is 18.3 Å². The van der Waals surface area contributed by atoms with Crippen LogP contribution in [0.4, 0.5) is 5.69 Å². The lowest BCUT2D eigenvalue weighted by Gasteiger charge is -2.43. The molecule has 0 aliphatic carbocycles. The third kappa shape index (κ3) is 4.11. The molecule has 0 atom stereocenters. The third-order valence-corrected chi connectivity index (χ3v) is 7.84. The number of rotatable bonds is 5. The van der Waals surface area contributed by atoms with Gasteiger partial charge < -0.3 is 9.64 Å². The molecular weight excluding hydrogens is 536 g/mol. The number of H-pyrrole nitrogens is 1. The van der Waals surface area contributed by atoms with Crippen LogP contribution in [0.3, 0.4) is 0 Å². The number of fused-ring (bicyclic) bond motifs is 1. The zero-order valence-electron chi connectivity index (χ0n) is 20.5. The second-order valence-electron chi connectivity index (χ2n) is 9.43. The van der Waals surface area contributed by atoms with Crippen LogP contribution < -0.4 is 4.90 Å². The number of aromatic nitrogens is 5. The highest BCUT2D eigenvalue weighted by atomic mass is 79.9. The molecular formula is C26H25BrN8O2. The number of aryl methyl sites for hydroxylation is 1. The van der Waals surface area contributed by atoms with E-state index in [9.17, 15) is 10.1 Å². The van der Waals surface area contributed by atoms with E-state index in [0.717, 1.165) is 60.6 Å². The summed E-state index contributed by atoms with van der Waals surface area (Å²) in [5.74, 6) is 0.475. The lowest BCUT2D eigenvalue weighted by molar-refractivity contribution is -0.0660. The first-order valence-electron chi connectivity index (χ1n) is 12.2. The zero-order chi connectivity index (χ0) is 25.7. The minimum atomic E-state index is -0.132.